The third kappa shape index (κ3) is 6.72. The average molecular weight is 745 g/mol. The first-order valence-electron chi connectivity index (χ1n) is 13.9. The Labute approximate surface area is 277 Å². The molecule has 3 aromatic carbocycles. The van der Waals surface area contributed by atoms with Crippen LogP contribution in [0.25, 0.3) is 6.08 Å². The van der Waals surface area contributed by atoms with Crippen molar-refractivity contribution >= 4 is 57.6 Å². The third-order valence-electron chi connectivity index (χ3n) is 6.88. The van der Waals surface area contributed by atoms with E-state index in [1.165, 1.54) is 11.3 Å². The maximum absolute atomic E-state index is 14.2. The fourth-order valence-electron chi connectivity index (χ4n) is 4.90. The molecule has 1 aliphatic heterocycles. The molecule has 11 heteroatoms. The second-order valence-electron chi connectivity index (χ2n) is 9.75. The van der Waals surface area contributed by atoms with Crippen molar-refractivity contribution in [3.63, 3.8) is 0 Å². The zero-order chi connectivity index (χ0) is 31.4. The number of esters is 1. The SMILES string of the molecule is CCOC(=O)C1=C(C)N=c2s/c(=C\c3cc(I)cc(OC)c3OCc3ccc(Cl)cc3)c(=O)n2[C@@H]1c1ccc(OCC)cc1. The number of benzene rings is 3. The van der Waals surface area contributed by atoms with Gasteiger partial charge in [-0.3, -0.25) is 9.36 Å². The van der Waals surface area contributed by atoms with E-state index in [2.05, 4.69) is 27.6 Å². The maximum atomic E-state index is 14.2. The molecule has 0 saturated carbocycles. The molecule has 0 saturated heterocycles. The summed E-state index contributed by atoms with van der Waals surface area (Å²) in [6, 6.07) is 17.8. The standard InChI is InChI=1S/C33H30ClIN2O6S/c1-5-41-25-13-9-21(10-14-25)29-28(32(39)42-6-2)19(3)36-33-37(29)31(38)27(44-33)16-22-15-24(35)17-26(40-4)30(22)43-18-20-7-11-23(34)12-8-20/h7-17,29H,5-6,18H2,1-4H3/b27-16-/t29-/m1/s1. The number of rotatable bonds is 10. The van der Waals surface area contributed by atoms with E-state index < -0.39 is 12.0 Å². The summed E-state index contributed by atoms with van der Waals surface area (Å²) in [5, 5.41) is 0.640. The molecule has 1 aromatic heterocycles. The van der Waals surface area contributed by atoms with Crippen molar-refractivity contribution in [3.05, 3.63) is 117 Å². The van der Waals surface area contributed by atoms with Gasteiger partial charge in [-0.2, -0.15) is 0 Å². The maximum Gasteiger partial charge on any atom is 0.338 e. The van der Waals surface area contributed by atoms with E-state index in [0.29, 0.717) is 55.0 Å². The lowest BCUT2D eigenvalue weighted by Crippen LogP contribution is -2.39. The predicted octanol–water partition coefficient (Wildman–Crippen LogP) is 6.04. The third-order valence-corrected chi connectivity index (χ3v) is 8.73. The van der Waals surface area contributed by atoms with Crippen molar-refractivity contribution in [1.29, 1.82) is 0 Å². The molecule has 1 aliphatic rings. The van der Waals surface area contributed by atoms with Gasteiger partial charge in [0.1, 0.15) is 12.4 Å². The molecule has 0 fully saturated rings. The van der Waals surface area contributed by atoms with Crippen LogP contribution in [0.15, 0.2) is 81.7 Å². The number of nitrogens with zero attached hydrogens (tertiary/aromatic N) is 2. The van der Waals surface area contributed by atoms with Crippen LogP contribution in [0.1, 0.15) is 43.5 Å². The van der Waals surface area contributed by atoms with Crippen molar-refractivity contribution in [2.45, 2.75) is 33.4 Å². The van der Waals surface area contributed by atoms with Gasteiger partial charge in [-0.25, -0.2) is 9.79 Å². The number of fused-ring (bicyclic) bond motifs is 1. The Morgan fingerprint density at radius 2 is 1.80 bits per heavy atom. The topological polar surface area (TPSA) is 88.4 Å². The van der Waals surface area contributed by atoms with Crippen LogP contribution in [-0.4, -0.2) is 30.9 Å². The molecule has 0 aliphatic carbocycles. The number of thiazole rings is 1. The lowest BCUT2D eigenvalue weighted by molar-refractivity contribution is -0.139. The van der Waals surface area contributed by atoms with Crippen LogP contribution in [0.4, 0.5) is 0 Å². The molecule has 0 amide bonds. The molecule has 228 valence electrons. The van der Waals surface area contributed by atoms with Gasteiger partial charge in [0.05, 0.1) is 42.2 Å². The number of hydrogen-bond donors (Lipinski definition) is 0. The zero-order valence-electron chi connectivity index (χ0n) is 24.6. The summed E-state index contributed by atoms with van der Waals surface area (Å²) in [6.45, 7) is 6.42. The highest BCUT2D eigenvalue weighted by atomic mass is 127. The predicted molar refractivity (Wildman–Crippen MR) is 180 cm³/mol. The van der Waals surface area contributed by atoms with Gasteiger partial charge in [0.15, 0.2) is 16.3 Å². The number of hydrogen-bond acceptors (Lipinski definition) is 8. The highest BCUT2D eigenvalue weighted by molar-refractivity contribution is 14.1. The minimum absolute atomic E-state index is 0.198. The van der Waals surface area contributed by atoms with Gasteiger partial charge in [0, 0.05) is 14.2 Å². The van der Waals surface area contributed by atoms with Crippen LogP contribution in [-0.2, 0) is 16.1 Å². The summed E-state index contributed by atoms with van der Waals surface area (Å²) >= 11 is 9.50. The minimum Gasteiger partial charge on any atom is -0.494 e. The minimum atomic E-state index is -0.728. The Morgan fingerprint density at radius 3 is 2.45 bits per heavy atom. The molecule has 44 heavy (non-hydrogen) atoms. The molecule has 0 spiro atoms. The summed E-state index contributed by atoms with van der Waals surface area (Å²) < 4.78 is 25.8. The Kier molecular flexibility index (Phi) is 10.1. The van der Waals surface area contributed by atoms with Crippen molar-refractivity contribution < 1.29 is 23.7 Å². The molecule has 8 nitrogen and oxygen atoms in total. The van der Waals surface area contributed by atoms with Crippen molar-refractivity contribution in [1.82, 2.24) is 4.57 Å². The Balaban J connectivity index is 1.64. The first-order chi connectivity index (χ1) is 21.2. The molecule has 0 bridgehead atoms. The number of carbonyl (C=O) groups excluding carboxylic acids is 1. The summed E-state index contributed by atoms with van der Waals surface area (Å²) in [4.78, 5) is 32.5. The number of halogens is 2. The number of allylic oxidation sites excluding steroid dienone is 1. The Hall–Kier alpha value is -3.61. The number of methoxy groups -OCH3 is 1. The molecule has 4 aromatic rings. The molecule has 1 atom stereocenters. The first kappa shape index (κ1) is 31.8. The Morgan fingerprint density at radius 1 is 1.07 bits per heavy atom. The van der Waals surface area contributed by atoms with Crippen molar-refractivity contribution in [2.24, 2.45) is 4.99 Å². The van der Waals surface area contributed by atoms with Crippen LogP contribution in [0.5, 0.6) is 17.2 Å². The number of aromatic nitrogens is 1. The second-order valence-corrected chi connectivity index (χ2v) is 12.4. The van der Waals surface area contributed by atoms with E-state index >= 15 is 0 Å². The summed E-state index contributed by atoms with van der Waals surface area (Å²) in [5.74, 6) is 1.22. The largest absolute Gasteiger partial charge is 0.494 e. The summed E-state index contributed by atoms with van der Waals surface area (Å²) in [5.41, 5.74) is 2.87. The molecule has 5 rings (SSSR count). The van der Waals surface area contributed by atoms with Crippen molar-refractivity contribution in [3.8, 4) is 17.2 Å². The monoisotopic (exact) mass is 744 g/mol. The van der Waals surface area contributed by atoms with Crippen LogP contribution >= 0.6 is 45.5 Å². The molecular formula is C33H30ClIN2O6S. The van der Waals surface area contributed by atoms with Crippen molar-refractivity contribution in [2.75, 3.05) is 20.3 Å². The lowest BCUT2D eigenvalue weighted by Gasteiger charge is -2.24. The van der Waals surface area contributed by atoms with E-state index in [1.54, 1.807) is 43.7 Å². The second kappa shape index (κ2) is 14.0. The van der Waals surface area contributed by atoms with Gasteiger partial charge >= 0.3 is 5.97 Å². The lowest BCUT2D eigenvalue weighted by atomic mass is 9.96. The number of carbonyl (C=O) groups is 1. The molecule has 2 heterocycles. The molecule has 0 radical (unpaired) electrons. The average Bonchev–Trinajstić information content (AvgIpc) is 3.31. The summed E-state index contributed by atoms with van der Waals surface area (Å²) in [6.07, 6.45) is 1.78. The highest BCUT2D eigenvalue weighted by Gasteiger charge is 2.33. The molecular weight excluding hydrogens is 715 g/mol. The van der Waals surface area contributed by atoms with Gasteiger partial charge in [-0.05, 0) is 97.0 Å². The highest BCUT2D eigenvalue weighted by Crippen LogP contribution is 2.35. The zero-order valence-corrected chi connectivity index (χ0v) is 28.3. The summed E-state index contributed by atoms with van der Waals surface area (Å²) in [7, 11) is 1.58. The van der Waals surface area contributed by atoms with Gasteiger partial charge in [0.2, 0.25) is 0 Å². The van der Waals surface area contributed by atoms with E-state index in [1.807, 2.05) is 55.5 Å². The Bertz CT molecular complexity index is 1900. The van der Waals surface area contributed by atoms with Crippen LogP contribution in [0.2, 0.25) is 5.02 Å². The van der Waals surface area contributed by atoms with E-state index in [4.69, 9.17) is 30.5 Å². The van der Waals surface area contributed by atoms with Crippen LogP contribution < -0.4 is 29.1 Å². The molecule has 0 unspecified atom stereocenters. The fourth-order valence-corrected chi connectivity index (χ4v) is 6.68. The normalized spacial score (nSPS) is 14.6. The van der Waals surface area contributed by atoms with E-state index in [9.17, 15) is 9.59 Å². The van der Waals surface area contributed by atoms with Gasteiger partial charge < -0.3 is 18.9 Å². The quantitative estimate of drug-likeness (QED) is 0.145. The van der Waals surface area contributed by atoms with Crippen LogP contribution in [0, 0.1) is 3.57 Å². The first-order valence-corrected chi connectivity index (χ1v) is 16.2. The number of ether oxygens (including phenoxy) is 4. The van der Waals surface area contributed by atoms with Gasteiger partial charge in [-0.1, -0.05) is 47.2 Å². The smallest absolute Gasteiger partial charge is 0.338 e. The van der Waals surface area contributed by atoms with Crippen LogP contribution in [0.3, 0.4) is 0 Å². The van der Waals surface area contributed by atoms with E-state index in [-0.39, 0.29) is 18.8 Å². The fraction of sp³-hybridized carbons (Fsp3) is 0.242. The van der Waals surface area contributed by atoms with Gasteiger partial charge in [-0.15, -0.1) is 0 Å². The van der Waals surface area contributed by atoms with E-state index in [0.717, 1.165) is 14.7 Å². The van der Waals surface area contributed by atoms with Gasteiger partial charge in [0.25, 0.3) is 5.56 Å². The molecule has 0 N–H and O–H groups in total.